The molecule has 27 heavy (non-hydrogen) atoms. The third-order valence-corrected chi connectivity index (χ3v) is 5.24. The standard InChI is InChI=1S/C18H16ClFN4O2S/c1-18(2,3)15-24-13(14(27-15)10-7-8-22-16(19)23-10)9-5-4-6-11(12(9)20)26-17(21)25/h4-8H,1-3H3,(H2,21,25). The second-order valence-corrected chi connectivity index (χ2v) is 8.03. The molecule has 0 saturated carbocycles. The van der Waals surface area contributed by atoms with Crippen LogP contribution in [0.3, 0.4) is 0 Å². The SMILES string of the molecule is CC(C)(C)c1nc(-c2cccc(OC(N)=O)c2F)c(-c2ccnc(Cl)n2)s1. The van der Waals surface area contributed by atoms with Gasteiger partial charge in [0.2, 0.25) is 5.28 Å². The van der Waals surface area contributed by atoms with Crippen LogP contribution >= 0.6 is 22.9 Å². The molecule has 0 bridgehead atoms. The third-order valence-electron chi connectivity index (χ3n) is 3.56. The lowest BCUT2D eigenvalue weighted by Crippen LogP contribution is -2.17. The summed E-state index contributed by atoms with van der Waals surface area (Å²) in [6.45, 7) is 6.03. The number of nitrogens with zero attached hydrogens (tertiary/aromatic N) is 3. The molecule has 2 heterocycles. The maximum atomic E-state index is 15.0. The van der Waals surface area contributed by atoms with Crippen LogP contribution in [0.4, 0.5) is 9.18 Å². The Morgan fingerprint density at radius 3 is 2.63 bits per heavy atom. The molecule has 1 aromatic carbocycles. The van der Waals surface area contributed by atoms with Crippen LogP contribution < -0.4 is 10.5 Å². The van der Waals surface area contributed by atoms with Crippen molar-refractivity contribution < 1.29 is 13.9 Å². The van der Waals surface area contributed by atoms with E-state index in [9.17, 15) is 9.18 Å². The maximum Gasteiger partial charge on any atom is 0.410 e. The van der Waals surface area contributed by atoms with Gasteiger partial charge in [-0.3, -0.25) is 0 Å². The number of carbonyl (C=O) groups excluding carboxylic acids is 1. The summed E-state index contributed by atoms with van der Waals surface area (Å²) in [7, 11) is 0. The van der Waals surface area contributed by atoms with E-state index in [0.717, 1.165) is 5.01 Å². The lowest BCUT2D eigenvalue weighted by molar-refractivity contribution is 0.209. The molecule has 0 spiro atoms. The van der Waals surface area contributed by atoms with Crippen molar-refractivity contribution in [2.45, 2.75) is 26.2 Å². The van der Waals surface area contributed by atoms with Gasteiger partial charge in [0.05, 0.1) is 21.3 Å². The average Bonchev–Trinajstić information content (AvgIpc) is 3.02. The molecule has 3 aromatic rings. The third kappa shape index (κ3) is 4.06. The zero-order chi connectivity index (χ0) is 19.8. The zero-order valence-corrected chi connectivity index (χ0v) is 16.4. The van der Waals surface area contributed by atoms with Crippen molar-refractivity contribution in [2.24, 2.45) is 5.73 Å². The van der Waals surface area contributed by atoms with Crippen molar-refractivity contribution in [3.05, 3.63) is 46.6 Å². The number of primary amides is 1. The van der Waals surface area contributed by atoms with Gasteiger partial charge < -0.3 is 10.5 Å². The minimum atomic E-state index is -1.09. The van der Waals surface area contributed by atoms with Gasteiger partial charge in [-0.05, 0) is 29.8 Å². The fraction of sp³-hybridized carbons (Fsp3) is 0.222. The number of thiazole rings is 1. The van der Waals surface area contributed by atoms with E-state index < -0.39 is 11.9 Å². The fourth-order valence-corrected chi connectivity index (χ4v) is 3.59. The first kappa shape index (κ1) is 19.2. The quantitative estimate of drug-likeness (QED) is 0.630. The van der Waals surface area contributed by atoms with Crippen molar-refractivity contribution >= 4 is 29.0 Å². The Morgan fingerprint density at radius 1 is 1.26 bits per heavy atom. The Labute approximate surface area is 164 Å². The van der Waals surface area contributed by atoms with Crippen LogP contribution in [0.15, 0.2) is 30.5 Å². The Morgan fingerprint density at radius 2 is 2.00 bits per heavy atom. The largest absolute Gasteiger partial charge is 0.410 e. The van der Waals surface area contributed by atoms with Crippen molar-refractivity contribution in [2.75, 3.05) is 0 Å². The van der Waals surface area contributed by atoms with Crippen LogP contribution in [0.25, 0.3) is 21.8 Å². The number of ether oxygens (including phenoxy) is 1. The number of hydrogen-bond acceptors (Lipinski definition) is 6. The van der Waals surface area contributed by atoms with Crippen molar-refractivity contribution in [1.29, 1.82) is 0 Å². The molecular weight excluding hydrogens is 391 g/mol. The summed E-state index contributed by atoms with van der Waals surface area (Å²) in [5, 5.41) is 0.873. The van der Waals surface area contributed by atoms with E-state index in [1.807, 2.05) is 20.8 Å². The van der Waals surface area contributed by atoms with Crippen LogP contribution in [0.1, 0.15) is 25.8 Å². The predicted molar refractivity (Wildman–Crippen MR) is 102 cm³/mol. The number of benzene rings is 1. The number of rotatable bonds is 3. The molecule has 0 saturated heterocycles. The highest BCUT2D eigenvalue weighted by molar-refractivity contribution is 7.15. The highest BCUT2D eigenvalue weighted by atomic mass is 35.5. The summed E-state index contributed by atoms with van der Waals surface area (Å²) in [6, 6.07) is 6.11. The molecule has 2 N–H and O–H groups in total. The van der Waals surface area contributed by atoms with Crippen LogP contribution in [0.5, 0.6) is 5.75 Å². The molecule has 140 valence electrons. The van der Waals surface area contributed by atoms with Crippen molar-refractivity contribution in [3.63, 3.8) is 0 Å². The van der Waals surface area contributed by atoms with Crippen LogP contribution in [-0.4, -0.2) is 21.0 Å². The molecule has 0 fully saturated rings. The Balaban J connectivity index is 2.24. The maximum absolute atomic E-state index is 15.0. The topological polar surface area (TPSA) is 91.0 Å². The fourth-order valence-electron chi connectivity index (χ4n) is 2.34. The van der Waals surface area contributed by atoms with Gasteiger partial charge >= 0.3 is 6.09 Å². The summed E-state index contributed by atoms with van der Waals surface area (Å²) in [5.41, 5.74) is 5.83. The smallest absolute Gasteiger partial charge is 0.407 e. The number of halogens is 2. The molecule has 6 nitrogen and oxygen atoms in total. The molecule has 1 amide bonds. The number of carbonyl (C=O) groups is 1. The van der Waals surface area contributed by atoms with Gasteiger partial charge in [-0.25, -0.2) is 24.1 Å². The molecule has 0 unspecified atom stereocenters. The molecule has 0 atom stereocenters. The monoisotopic (exact) mass is 406 g/mol. The molecule has 0 radical (unpaired) electrons. The number of amides is 1. The average molecular weight is 407 g/mol. The van der Waals surface area contributed by atoms with Crippen molar-refractivity contribution in [1.82, 2.24) is 15.0 Å². The van der Waals surface area contributed by atoms with Gasteiger partial charge in [0.25, 0.3) is 0 Å². The summed E-state index contributed by atoms with van der Waals surface area (Å²) >= 11 is 7.31. The summed E-state index contributed by atoms with van der Waals surface area (Å²) in [4.78, 5) is 24.4. The summed E-state index contributed by atoms with van der Waals surface area (Å²) < 4.78 is 19.7. The van der Waals surface area contributed by atoms with Gasteiger partial charge in [0.15, 0.2) is 11.6 Å². The predicted octanol–water partition coefficient (Wildman–Crippen LogP) is 4.81. The van der Waals surface area contributed by atoms with E-state index in [-0.39, 0.29) is 22.0 Å². The number of aromatic nitrogens is 3. The second-order valence-electron chi connectivity index (χ2n) is 6.70. The highest BCUT2D eigenvalue weighted by Gasteiger charge is 2.26. The zero-order valence-electron chi connectivity index (χ0n) is 14.8. The van der Waals surface area contributed by atoms with E-state index in [0.29, 0.717) is 16.3 Å². The van der Waals surface area contributed by atoms with E-state index in [4.69, 9.17) is 22.1 Å². The molecule has 0 aliphatic rings. The van der Waals surface area contributed by atoms with E-state index in [1.165, 1.54) is 23.6 Å². The van der Waals surface area contributed by atoms with E-state index in [1.54, 1.807) is 18.2 Å². The van der Waals surface area contributed by atoms with Crippen molar-refractivity contribution in [3.8, 4) is 27.6 Å². The summed E-state index contributed by atoms with van der Waals surface area (Å²) in [5.74, 6) is -1.000. The van der Waals surface area contributed by atoms with E-state index >= 15 is 0 Å². The van der Waals surface area contributed by atoms with Gasteiger partial charge in [0.1, 0.15) is 0 Å². The Bertz CT molecular complexity index is 1020. The number of hydrogen-bond donors (Lipinski definition) is 1. The molecule has 2 aromatic heterocycles. The lowest BCUT2D eigenvalue weighted by atomic mass is 9.98. The minimum absolute atomic E-state index is 0.0791. The van der Waals surface area contributed by atoms with Gasteiger partial charge in [0, 0.05) is 17.2 Å². The van der Waals surface area contributed by atoms with Gasteiger partial charge in [-0.2, -0.15) is 0 Å². The molecule has 9 heteroatoms. The Kier molecular flexibility index (Phi) is 5.12. The lowest BCUT2D eigenvalue weighted by Gasteiger charge is -2.13. The van der Waals surface area contributed by atoms with E-state index in [2.05, 4.69) is 15.0 Å². The van der Waals surface area contributed by atoms with Gasteiger partial charge in [-0.15, -0.1) is 11.3 Å². The van der Waals surface area contributed by atoms with Gasteiger partial charge in [-0.1, -0.05) is 26.8 Å². The second kappa shape index (κ2) is 7.21. The van der Waals surface area contributed by atoms with Crippen LogP contribution in [-0.2, 0) is 5.41 Å². The molecule has 0 aliphatic carbocycles. The normalized spacial score (nSPS) is 11.4. The Hall–Kier alpha value is -2.58. The van der Waals surface area contributed by atoms with Crippen LogP contribution in [0, 0.1) is 5.82 Å². The molecule has 0 aliphatic heterocycles. The molecular formula is C18H16ClFN4O2S. The minimum Gasteiger partial charge on any atom is -0.407 e. The first-order valence-corrected chi connectivity index (χ1v) is 9.12. The van der Waals surface area contributed by atoms with Crippen LogP contribution in [0.2, 0.25) is 5.28 Å². The number of nitrogens with two attached hydrogens (primary N) is 1. The highest BCUT2D eigenvalue weighted by Crippen LogP contribution is 2.42. The molecule has 3 rings (SSSR count). The first-order valence-electron chi connectivity index (χ1n) is 7.93. The summed E-state index contributed by atoms with van der Waals surface area (Å²) in [6.07, 6.45) is 0.427. The first-order chi connectivity index (χ1) is 12.7.